The Morgan fingerprint density at radius 2 is 1.82 bits per heavy atom. The second-order valence-corrected chi connectivity index (χ2v) is 6.90. The van der Waals surface area contributed by atoms with Crippen LogP contribution in [0.1, 0.15) is 0 Å². The summed E-state index contributed by atoms with van der Waals surface area (Å²) >= 11 is 0. The van der Waals surface area contributed by atoms with E-state index in [4.69, 9.17) is 10.1 Å². The average molecular weight is 278 g/mol. The van der Waals surface area contributed by atoms with Gasteiger partial charge in [-0.3, -0.25) is 4.55 Å². The molecule has 2 N–H and O–H groups in total. The Labute approximate surface area is 98.7 Å². The topological polar surface area (TPSA) is 125 Å². The van der Waals surface area contributed by atoms with Gasteiger partial charge >= 0.3 is 0 Å². The molecule has 0 heterocycles. The van der Waals surface area contributed by atoms with E-state index in [2.05, 4.69) is 5.11 Å². The summed E-state index contributed by atoms with van der Waals surface area (Å²) in [6.45, 7) is 0. The highest BCUT2D eigenvalue weighted by Gasteiger charge is 2.18. The predicted octanol–water partition coefficient (Wildman–Crippen LogP) is 1.01. The summed E-state index contributed by atoms with van der Waals surface area (Å²) in [5.74, 6) is -1.58. The van der Waals surface area contributed by atoms with Crippen LogP contribution >= 0.6 is 0 Å². The highest BCUT2D eigenvalue weighted by atomic mass is 32.2. The van der Waals surface area contributed by atoms with E-state index in [1.807, 2.05) is 0 Å². The molecule has 1 rings (SSSR count). The van der Waals surface area contributed by atoms with Crippen molar-refractivity contribution in [3.05, 3.63) is 24.3 Å². The average Bonchev–Trinajstić information content (AvgIpc) is 2.26. The largest absolute Gasteiger partial charge is 0.286 e. The van der Waals surface area contributed by atoms with Crippen molar-refractivity contribution in [1.82, 2.24) is 0 Å². The SMILES string of the molecule is N=Nc1cccc(S(=O)(=O)CCS(=O)(=O)O)c1. The Morgan fingerprint density at radius 3 is 2.35 bits per heavy atom. The van der Waals surface area contributed by atoms with Crippen LogP contribution in [0.2, 0.25) is 0 Å². The van der Waals surface area contributed by atoms with Crippen molar-refractivity contribution in [2.45, 2.75) is 4.90 Å². The van der Waals surface area contributed by atoms with Crippen LogP contribution in [-0.4, -0.2) is 32.9 Å². The van der Waals surface area contributed by atoms with Crippen molar-refractivity contribution >= 4 is 25.6 Å². The van der Waals surface area contributed by atoms with Gasteiger partial charge < -0.3 is 0 Å². The molecule has 0 saturated heterocycles. The van der Waals surface area contributed by atoms with Crippen molar-refractivity contribution < 1.29 is 21.4 Å². The van der Waals surface area contributed by atoms with E-state index in [0.717, 1.165) is 6.07 Å². The molecular weight excluding hydrogens is 268 g/mol. The first-order valence-electron chi connectivity index (χ1n) is 4.40. The molecule has 17 heavy (non-hydrogen) atoms. The number of rotatable bonds is 5. The molecule has 0 saturated carbocycles. The van der Waals surface area contributed by atoms with Crippen molar-refractivity contribution in [1.29, 1.82) is 5.53 Å². The third kappa shape index (κ3) is 4.21. The summed E-state index contributed by atoms with van der Waals surface area (Å²) in [6, 6.07) is 5.27. The van der Waals surface area contributed by atoms with Crippen LogP contribution in [0.15, 0.2) is 34.3 Å². The molecule has 0 aliphatic carbocycles. The van der Waals surface area contributed by atoms with Crippen LogP contribution in [0.5, 0.6) is 0 Å². The van der Waals surface area contributed by atoms with Crippen LogP contribution in [-0.2, 0) is 20.0 Å². The lowest BCUT2D eigenvalue weighted by molar-refractivity contribution is 0.484. The molecule has 0 aliphatic rings. The van der Waals surface area contributed by atoms with Crippen LogP contribution < -0.4 is 0 Å². The first kappa shape index (κ1) is 13.7. The summed E-state index contributed by atoms with van der Waals surface area (Å²) in [6.07, 6.45) is 0. The van der Waals surface area contributed by atoms with Gasteiger partial charge in [-0.05, 0) is 18.2 Å². The Kier molecular flexibility index (Phi) is 3.96. The van der Waals surface area contributed by atoms with Gasteiger partial charge in [0.25, 0.3) is 10.1 Å². The van der Waals surface area contributed by atoms with Gasteiger partial charge in [-0.1, -0.05) is 6.07 Å². The van der Waals surface area contributed by atoms with E-state index >= 15 is 0 Å². The van der Waals surface area contributed by atoms with E-state index < -0.39 is 31.5 Å². The smallest absolute Gasteiger partial charge is 0.265 e. The minimum Gasteiger partial charge on any atom is -0.286 e. The first-order valence-corrected chi connectivity index (χ1v) is 7.66. The van der Waals surface area contributed by atoms with Gasteiger partial charge in [0.05, 0.1) is 22.1 Å². The lowest BCUT2D eigenvalue weighted by Crippen LogP contribution is -2.16. The van der Waals surface area contributed by atoms with E-state index in [1.165, 1.54) is 18.2 Å². The molecule has 0 aromatic heterocycles. The summed E-state index contributed by atoms with van der Waals surface area (Å²) in [5.41, 5.74) is 6.89. The summed E-state index contributed by atoms with van der Waals surface area (Å²) < 4.78 is 52.8. The molecule has 0 bridgehead atoms. The fourth-order valence-electron chi connectivity index (χ4n) is 1.08. The zero-order valence-corrected chi connectivity index (χ0v) is 10.2. The maximum absolute atomic E-state index is 11.7. The summed E-state index contributed by atoms with van der Waals surface area (Å²) in [7, 11) is -8.13. The third-order valence-corrected chi connectivity index (χ3v) is 4.61. The molecule has 0 unspecified atom stereocenters. The normalized spacial score (nSPS) is 12.3. The van der Waals surface area contributed by atoms with Crippen molar-refractivity contribution in [2.75, 3.05) is 11.5 Å². The molecule has 0 amide bonds. The van der Waals surface area contributed by atoms with E-state index in [1.54, 1.807) is 0 Å². The van der Waals surface area contributed by atoms with Gasteiger partial charge in [0.15, 0.2) is 9.84 Å². The van der Waals surface area contributed by atoms with Crippen molar-refractivity contribution in [3.63, 3.8) is 0 Å². The number of nitrogens with zero attached hydrogens (tertiary/aromatic N) is 1. The Hall–Kier alpha value is -1.32. The number of hydrogen-bond donors (Lipinski definition) is 2. The maximum atomic E-state index is 11.7. The molecule has 9 heteroatoms. The zero-order valence-electron chi connectivity index (χ0n) is 8.57. The molecule has 94 valence electrons. The van der Waals surface area contributed by atoms with E-state index in [-0.39, 0.29) is 10.6 Å². The van der Waals surface area contributed by atoms with Gasteiger partial charge in [-0.25, -0.2) is 13.9 Å². The Bertz CT molecular complexity index is 621. The summed E-state index contributed by atoms with van der Waals surface area (Å²) in [5, 5.41) is 3.07. The second-order valence-electron chi connectivity index (χ2n) is 3.21. The molecule has 7 nitrogen and oxygen atoms in total. The minimum absolute atomic E-state index is 0.130. The van der Waals surface area contributed by atoms with Crippen LogP contribution in [0.4, 0.5) is 5.69 Å². The van der Waals surface area contributed by atoms with Gasteiger partial charge in [0.1, 0.15) is 0 Å². The highest BCUT2D eigenvalue weighted by molar-refractivity contribution is 7.93. The monoisotopic (exact) mass is 278 g/mol. The maximum Gasteiger partial charge on any atom is 0.265 e. The standard InChI is InChI=1S/C8H10N2O5S2/c9-10-7-2-1-3-8(6-7)16(11,12)4-5-17(13,14)15/h1-3,6,9H,4-5H2,(H,13,14,15). The van der Waals surface area contributed by atoms with Gasteiger partial charge in [0.2, 0.25) is 0 Å². The van der Waals surface area contributed by atoms with Crippen LogP contribution in [0.25, 0.3) is 0 Å². The minimum atomic E-state index is -4.32. The number of nitrogens with one attached hydrogen (secondary N) is 1. The fourth-order valence-corrected chi connectivity index (χ4v) is 3.62. The summed E-state index contributed by atoms with van der Waals surface area (Å²) in [4.78, 5) is -0.130. The second kappa shape index (κ2) is 4.90. The molecule has 0 radical (unpaired) electrons. The van der Waals surface area contributed by atoms with Gasteiger partial charge in [0, 0.05) is 0 Å². The molecular formula is C8H10N2O5S2. The lowest BCUT2D eigenvalue weighted by atomic mass is 10.3. The van der Waals surface area contributed by atoms with Crippen molar-refractivity contribution in [2.24, 2.45) is 5.11 Å². The molecule has 0 spiro atoms. The zero-order chi connectivity index (χ0) is 13.1. The third-order valence-electron chi connectivity index (χ3n) is 1.92. The predicted molar refractivity (Wildman–Crippen MR) is 59.7 cm³/mol. The quantitative estimate of drug-likeness (QED) is 0.614. The van der Waals surface area contributed by atoms with Gasteiger partial charge in [-0.15, -0.1) is 0 Å². The molecule has 0 fully saturated rings. The highest BCUT2D eigenvalue weighted by Crippen LogP contribution is 2.18. The number of benzene rings is 1. The molecule has 1 aromatic carbocycles. The Morgan fingerprint density at radius 1 is 1.18 bits per heavy atom. The first-order chi connectivity index (χ1) is 7.74. The molecule has 0 atom stereocenters. The van der Waals surface area contributed by atoms with E-state index in [9.17, 15) is 16.8 Å². The van der Waals surface area contributed by atoms with Crippen LogP contribution in [0, 0.1) is 5.53 Å². The molecule has 0 aliphatic heterocycles. The van der Waals surface area contributed by atoms with Gasteiger partial charge in [-0.2, -0.15) is 13.5 Å². The number of hydrogen-bond acceptors (Lipinski definition) is 6. The number of sulfone groups is 1. The van der Waals surface area contributed by atoms with E-state index in [0.29, 0.717) is 0 Å². The lowest BCUT2D eigenvalue weighted by Gasteiger charge is -2.03. The molecule has 1 aromatic rings. The van der Waals surface area contributed by atoms with Crippen molar-refractivity contribution in [3.8, 4) is 0 Å². The van der Waals surface area contributed by atoms with Crippen LogP contribution in [0.3, 0.4) is 0 Å². The fraction of sp³-hybridized carbons (Fsp3) is 0.250. The Balaban J connectivity index is 3.01.